The van der Waals surface area contributed by atoms with E-state index >= 15 is 0 Å². The molecule has 0 radical (unpaired) electrons. The van der Waals surface area contributed by atoms with Gasteiger partial charge in [0.05, 0.1) is 37.0 Å². The zero-order valence-corrected chi connectivity index (χ0v) is 18.3. The molecule has 0 aliphatic carbocycles. The predicted octanol–water partition coefficient (Wildman–Crippen LogP) is 3.18. The SMILES string of the molecule is COc1ccc([C@@H]2[NH2+]CCc3c2[nH]c2ccccc32)cc1CN1C(=O)c2ccccc2C1=O. The summed E-state index contributed by atoms with van der Waals surface area (Å²) in [6, 6.07) is 21.6. The summed E-state index contributed by atoms with van der Waals surface area (Å²) < 4.78 is 5.60. The molecule has 164 valence electrons. The number of benzene rings is 3. The topological polar surface area (TPSA) is 79.0 Å². The maximum absolute atomic E-state index is 12.9. The Morgan fingerprint density at radius 3 is 2.48 bits per heavy atom. The van der Waals surface area contributed by atoms with E-state index in [-0.39, 0.29) is 24.4 Å². The van der Waals surface area contributed by atoms with E-state index in [1.807, 2.05) is 6.07 Å². The van der Waals surface area contributed by atoms with Crippen molar-refractivity contribution < 1.29 is 19.6 Å². The van der Waals surface area contributed by atoms with Crippen LogP contribution in [0, 0.1) is 0 Å². The molecule has 0 bridgehead atoms. The summed E-state index contributed by atoms with van der Waals surface area (Å²) >= 11 is 0. The van der Waals surface area contributed by atoms with Crippen LogP contribution in [0.4, 0.5) is 0 Å². The third-order valence-corrected chi connectivity index (χ3v) is 6.82. The number of ether oxygens (including phenoxy) is 1. The number of aromatic nitrogens is 1. The summed E-state index contributed by atoms with van der Waals surface area (Å²) in [5, 5.41) is 3.62. The van der Waals surface area contributed by atoms with Crippen LogP contribution < -0.4 is 10.1 Å². The van der Waals surface area contributed by atoms with Crippen molar-refractivity contribution in [2.45, 2.75) is 19.0 Å². The zero-order chi connectivity index (χ0) is 22.5. The minimum Gasteiger partial charge on any atom is -0.496 e. The number of methoxy groups -OCH3 is 1. The standard InChI is InChI=1S/C27H23N3O3/c1-33-23-11-10-16(24-25-19(12-13-28-24)18-6-4-5-9-22(18)29-25)14-17(23)15-30-26(31)20-7-2-3-8-21(20)27(30)32/h2-11,14,24,28-29H,12-13,15H2,1H3/p+1/t24-/m0/s1. The average Bonchev–Trinajstić information content (AvgIpc) is 3.35. The fourth-order valence-electron chi connectivity index (χ4n) is 5.24. The number of fused-ring (bicyclic) bond motifs is 4. The zero-order valence-electron chi connectivity index (χ0n) is 18.3. The van der Waals surface area contributed by atoms with Crippen molar-refractivity contribution in [3.63, 3.8) is 0 Å². The van der Waals surface area contributed by atoms with Crippen molar-refractivity contribution in [3.8, 4) is 5.75 Å². The summed E-state index contributed by atoms with van der Waals surface area (Å²) in [7, 11) is 1.61. The average molecular weight is 439 g/mol. The molecule has 0 unspecified atom stereocenters. The Kier molecular flexibility index (Phi) is 4.55. The molecule has 3 N–H and O–H groups in total. The molecular formula is C27H24N3O3+. The summed E-state index contributed by atoms with van der Waals surface area (Å²) in [4.78, 5) is 30.8. The molecular weight excluding hydrogens is 414 g/mol. The van der Waals surface area contributed by atoms with Crippen molar-refractivity contribution in [2.24, 2.45) is 0 Å². The lowest BCUT2D eigenvalue weighted by molar-refractivity contribution is -0.690. The van der Waals surface area contributed by atoms with Crippen LogP contribution in [0.2, 0.25) is 0 Å². The van der Waals surface area contributed by atoms with Crippen molar-refractivity contribution in [3.05, 3.63) is 100 Å². The number of hydrogen-bond acceptors (Lipinski definition) is 3. The van der Waals surface area contributed by atoms with E-state index in [2.05, 4.69) is 46.7 Å². The number of quaternary nitrogens is 1. The summed E-state index contributed by atoms with van der Waals surface area (Å²) in [5.74, 6) is 0.151. The van der Waals surface area contributed by atoms with Gasteiger partial charge in [0.15, 0.2) is 6.04 Å². The first-order valence-electron chi connectivity index (χ1n) is 11.2. The molecule has 0 saturated carbocycles. The fraction of sp³-hybridized carbons (Fsp3) is 0.185. The molecule has 0 fully saturated rings. The summed E-state index contributed by atoms with van der Waals surface area (Å²) in [6.07, 6.45) is 1.02. The van der Waals surface area contributed by atoms with Gasteiger partial charge in [0.1, 0.15) is 5.75 Å². The second-order valence-electron chi connectivity index (χ2n) is 8.63. The predicted molar refractivity (Wildman–Crippen MR) is 124 cm³/mol. The lowest BCUT2D eigenvalue weighted by Crippen LogP contribution is -2.87. The Morgan fingerprint density at radius 2 is 1.73 bits per heavy atom. The molecule has 2 amide bonds. The van der Waals surface area contributed by atoms with Crippen LogP contribution in [0.15, 0.2) is 66.7 Å². The molecule has 1 atom stereocenters. The molecule has 3 heterocycles. The molecule has 0 saturated heterocycles. The maximum atomic E-state index is 12.9. The highest BCUT2D eigenvalue weighted by molar-refractivity contribution is 6.21. The number of aromatic amines is 1. The van der Waals surface area contributed by atoms with Gasteiger partial charge in [-0.15, -0.1) is 0 Å². The van der Waals surface area contributed by atoms with Gasteiger partial charge in [0, 0.05) is 28.5 Å². The first-order chi connectivity index (χ1) is 16.2. The molecule has 33 heavy (non-hydrogen) atoms. The third kappa shape index (κ3) is 3.06. The van der Waals surface area contributed by atoms with Gasteiger partial charge in [-0.2, -0.15) is 0 Å². The molecule has 3 aromatic carbocycles. The molecule has 6 heteroatoms. The van der Waals surface area contributed by atoms with Gasteiger partial charge in [-0.1, -0.05) is 30.3 Å². The number of para-hydroxylation sites is 1. The molecule has 4 aromatic rings. The molecule has 0 spiro atoms. The number of carbonyl (C=O) groups excluding carboxylic acids is 2. The number of H-pyrrole nitrogens is 1. The van der Waals surface area contributed by atoms with Gasteiger partial charge >= 0.3 is 0 Å². The van der Waals surface area contributed by atoms with Crippen LogP contribution in [0.5, 0.6) is 5.75 Å². The van der Waals surface area contributed by atoms with Crippen molar-refractivity contribution in [1.29, 1.82) is 0 Å². The maximum Gasteiger partial charge on any atom is 0.261 e. The van der Waals surface area contributed by atoms with E-state index in [4.69, 9.17) is 4.74 Å². The number of nitrogens with one attached hydrogen (secondary N) is 1. The Balaban J connectivity index is 1.38. The van der Waals surface area contributed by atoms with Crippen molar-refractivity contribution in [1.82, 2.24) is 9.88 Å². The number of nitrogens with zero attached hydrogens (tertiary/aromatic N) is 1. The van der Waals surface area contributed by atoms with E-state index in [0.29, 0.717) is 16.9 Å². The quantitative estimate of drug-likeness (QED) is 0.481. The normalized spacial score (nSPS) is 17.4. The number of carbonyl (C=O) groups is 2. The van der Waals surface area contributed by atoms with Crippen molar-refractivity contribution >= 4 is 22.7 Å². The number of amides is 2. The number of hydrogen-bond donors (Lipinski definition) is 2. The van der Waals surface area contributed by atoms with E-state index in [1.165, 1.54) is 21.5 Å². The van der Waals surface area contributed by atoms with Gasteiger partial charge in [-0.05, 0) is 42.0 Å². The van der Waals surface area contributed by atoms with Crippen molar-refractivity contribution in [2.75, 3.05) is 13.7 Å². The number of rotatable bonds is 4. The molecule has 1 aromatic heterocycles. The smallest absolute Gasteiger partial charge is 0.261 e. The minimum absolute atomic E-state index is 0.119. The summed E-state index contributed by atoms with van der Waals surface area (Å²) in [5.41, 5.74) is 6.61. The van der Waals surface area contributed by atoms with Crippen LogP contribution in [-0.2, 0) is 13.0 Å². The molecule has 2 aliphatic rings. The lowest BCUT2D eigenvalue weighted by Gasteiger charge is -2.23. The van der Waals surface area contributed by atoms with Gasteiger partial charge in [-0.25, -0.2) is 0 Å². The largest absolute Gasteiger partial charge is 0.496 e. The van der Waals surface area contributed by atoms with Gasteiger partial charge in [0.2, 0.25) is 0 Å². The van der Waals surface area contributed by atoms with Crippen LogP contribution >= 0.6 is 0 Å². The Hall–Kier alpha value is -3.90. The number of nitrogens with two attached hydrogens (primary N) is 1. The van der Waals surface area contributed by atoms with Gasteiger partial charge in [0.25, 0.3) is 11.8 Å². The van der Waals surface area contributed by atoms with E-state index in [0.717, 1.165) is 29.6 Å². The fourth-order valence-corrected chi connectivity index (χ4v) is 5.24. The second-order valence-corrected chi connectivity index (χ2v) is 8.63. The highest BCUT2D eigenvalue weighted by atomic mass is 16.5. The second kappa shape index (κ2) is 7.60. The summed E-state index contributed by atoms with van der Waals surface area (Å²) in [6.45, 7) is 1.18. The third-order valence-electron chi connectivity index (χ3n) is 6.82. The Morgan fingerprint density at radius 1 is 1.00 bits per heavy atom. The molecule has 6 rings (SSSR count). The van der Waals surface area contributed by atoms with E-state index in [9.17, 15) is 9.59 Å². The van der Waals surface area contributed by atoms with Crippen LogP contribution in [0.3, 0.4) is 0 Å². The molecule has 2 aliphatic heterocycles. The van der Waals surface area contributed by atoms with Crippen LogP contribution in [-0.4, -0.2) is 35.4 Å². The van der Waals surface area contributed by atoms with Crippen LogP contribution in [0.1, 0.15) is 49.1 Å². The first-order valence-corrected chi connectivity index (χ1v) is 11.2. The number of imide groups is 1. The van der Waals surface area contributed by atoms with E-state index in [1.54, 1.807) is 31.4 Å². The Labute approximate surface area is 191 Å². The van der Waals surface area contributed by atoms with E-state index < -0.39 is 0 Å². The highest BCUT2D eigenvalue weighted by Gasteiger charge is 2.36. The first kappa shape index (κ1) is 19.8. The Bertz CT molecular complexity index is 1390. The molecule has 6 nitrogen and oxygen atoms in total. The lowest BCUT2D eigenvalue weighted by atomic mass is 9.93. The minimum atomic E-state index is -0.259. The van der Waals surface area contributed by atoms with Gasteiger partial charge in [-0.3, -0.25) is 14.5 Å². The van der Waals surface area contributed by atoms with Gasteiger partial charge < -0.3 is 15.0 Å². The highest BCUT2D eigenvalue weighted by Crippen LogP contribution is 2.33. The van der Waals surface area contributed by atoms with Crippen LogP contribution in [0.25, 0.3) is 10.9 Å². The monoisotopic (exact) mass is 438 g/mol.